The molecule has 0 bridgehead atoms. The van der Waals surface area contributed by atoms with E-state index in [9.17, 15) is 4.79 Å². The molecule has 0 radical (unpaired) electrons. The number of nitrogen functional groups attached to an aromatic ring is 1. The van der Waals surface area contributed by atoms with E-state index in [0.717, 1.165) is 44.5 Å². The standard InChI is InChI=1S/C15H23N5O/c16-13-2-1-5-17-15(13)20-8-6-19(7-9-20)11-14(21)18-10-12-3-4-12/h1-2,5,12H,3-4,6-11,16H2,(H,18,21). The maximum Gasteiger partial charge on any atom is 0.234 e. The molecule has 0 unspecified atom stereocenters. The fourth-order valence-corrected chi connectivity index (χ4v) is 2.63. The third-order valence-electron chi connectivity index (χ3n) is 4.14. The fourth-order valence-electron chi connectivity index (χ4n) is 2.63. The molecule has 1 saturated heterocycles. The molecule has 3 rings (SSSR count). The molecule has 114 valence electrons. The van der Waals surface area contributed by atoms with E-state index in [-0.39, 0.29) is 5.91 Å². The van der Waals surface area contributed by atoms with Gasteiger partial charge in [0.05, 0.1) is 12.2 Å². The number of anilines is 2. The summed E-state index contributed by atoms with van der Waals surface area (Å²) in [7, 11) is 0. The number of hydrogen-bond acceptors (Lipinski definition) is 5. The van der Waals surface area contributed by atoms with Gasteiger partial charge < -0.3 is 16.0 Å². The third-order valence-corrected chi connectivity index (χ3v) is 4.14. The molecule has 1 aliphatic carbocycles. The van der Waals surface area contributed by atoms with Crippen LogP contribution < -0.4 is 16.0 Å². The highest BCUT2D eigenvalue weighted by Crippen LogP contribution is 2.27. The zero-order chi connectivity index (χ0) is 14.7. The first kappa shape index (κ1) is 14.1. The van der Waals surface area contributed by atoms with Gasteiger partial charge >= 0.3 is 0 Å². The Morgan fingerprint density at radius 2 is 2.10 bits per heavy atom. The van der Waals surface area contributed by atoms with Crippen LogP contribution in [0.2, 0.25) is 0 Å². The van der Waals surface area contributed by atoms with Crippen molar-refractivity contribution in [3.05, 3.63) is 18.3 Å². The van der Waals surface area contributed by atoms with Gasteiger partial charge in [-0.2, -0.15) is 0 Å². The lowest BCUT2D eigenvalue weighted by atomic mass is 10.2. The Morgan fingerprint density at radius 1 is 1.33 bits per heavy atom. The molecule has 1 amide bonds. The van der Waals surface area contributed by atoms with Gasteiger partial charge in [-0.1, -0.05) is 0 Å². The Labute approximate surface area is 125 Å². The van der Waals surface area contributed by atoms with E-state index in [1.807, 2.05) is 12.1 Å². The van der Waals surface area contributed by atoms with Gasteiger partial charge in [0.1, 0.15) is 0 Å². The molecule has 0 aromatic carbocycles. The van der Waals surface area contributed by atoms with Crippen LogP contribution in [0.1, 0.15) is 12.8 Å². The lowest BCUT2D eigenvalue weighted by Crippen LogP contribution is -2.50. The summed E-state index contributed by atoms with van der Waals surface area (Å²) in [6.45, 7) is 4.80. The average molecular weight is 289 g/mol. The first-order valence-corrected chi connectivity index (χ1v) is 7.67. The molecule has 0 spiro atoms. The summed E-state index contributed by atoms with van der Waals surface area (Å²) in [5.74, 6) is 1.74. The molecule has 2 aliphatic rings. The van der Waals surface area contributed by atoms with Gasteiger partial charge in [-0.05, 0) is 30.9 Å². The van der Waals surface area contributed by atoms with Crippen molar-refractivity contribution < 1.29 is 4.79 Å². The third kappa shape index (κ3) is 3.85. The van der Waals surface area contributed by atoms with Gasteiger partial charge in [0, 0.05) is 38.9 Å². The van der Waals surface area contributed by atoms with Gasteiger partial charge in [0.25, 0.3) is 0 Å². The number of nitrogens with one attached hydrogen (secondary N) is 1. The molecule has 1 aliphatic heterocycles. The number of piperazine rings is 1. The van der Waals surface area contributed by atoms with Crippen molar-refractivity contribution >= 4 is 17.4 Å². The highest BCUT2D eigenvalue weighted by atomic mass is 16.2. The van der Waals surface area contributed by atoms with Crippen LogP contribution in [-0.4, -0.2) is 55.1 Å². The van der Waals surface area contributed by atoms with E-state index in [4.69, 9.17) is 5.73 Å². The van der Waals surface area contributed by atoms with Crippen LogP contribution >= 0.6 is 0 Å². The molecular formula is C15H23N5O. The van der Waals surface area contributed by atoms with Gasteiger partial charge in [0.15, 0.2) is 5.82 Å². The van der Waals surface area contributed by atoms with Crippen LogP contribution in [0.15, 0.2) is 18.3 Å². The lowest BCUT2D eigenvalue weighted by Gasteiger charge is -2.35. The summed E-state index contributed by atoms with van der Waals surface area (Å²) in [5, 5.41) is 3.02. The minimum absolute atomic E-state index is 0.146. The number of aromatic nitrogens is 1. The predicted octanol–water partition coefficient (Wildman–Crippen LogP) is 0.312. The van der Waals surface area contributed by atoms with Crippen molar-refractivity contribution in [1.82, 2.24) is 15.2 Å². The van der Waals surface area contributed by atoms with Crippen LogP contribution in [0.25, 0.3) is 0 Å². The molecule has 21 heavy (non-hydrogen) atoms. The number of hydrogen-bond donors (Lipinski definition) is 2. The molecular weight excluding hydrogens is 266 g/mol. The molecule has 1 aromatic rings. The van der Waals surface area contributed by atoms with Crippen molar-refractivity contribution in [1.29, 1.82) is 0 Å². The summed E-state index contributed by atoms with van der Waals surface area (Å²) in [4.78, 5) is 20.6. The number of amides is 1. The monoisotopic (exact) mass is 289 g/mol. The fraction of sp³-hybridized carbons (Fsp3) is 0.600. The quantitative estimate of drug-likeness (QED) is 0.816. The molecule has 2 fully saturated rings. The Balaban J connectivity index is 1.44. The van der Waals surface area contributed by atoms with E-state index >= 15 is 0 Å². The van der Waals surface area contributed by atoms with E-state index in [2.05, 4.69) is 20.1 Å². The van der Waals surface area contributed by atoms with Crippen molar-refractivity contribution in [2.45, 2.75) is 12.8 Å². The Kier molecular flexibility index (Phi) is 4.24. The van der Waals surface area contributed by atoms with Crippen LogP contribution in [0.4, 0.5) is 11.5 Å². The van der Waals surface area contributed by atoms with E-state index in [0.29, 0.717) is 12.2 Å². The molecule has 1 saturated carbocycles. The van der Waals surface area contributed by atoms with E-state index < -0.39 is 0 Å². The molecule has 2 heterocycles. The zero-order valence-electron chi connectivity index (χ0n) is 12.3. The van der Waals surface area contributed by atoms with E-state index in [1.165, 1.54) is 12.8 Å². The SMILES string of the molecule is Nc1cccnc1N1CCN(CC(=O)NCC2CC2)CC1. The van der Waals surface area contributed by atoms with Crippen LogP contribution in [-0.2, 0) is 4.79 Å². The second-order valence-corrected chi connectivity index (χ2v) is 5.93. The number of carbonyl (C=O) groups excluding carboxylic acids is 1. The average Bonchev–Trinajstić information content (AvgIpc) is 3.31. The molecule has 6 nitrogen and oxygen atoms in total. The van der Waals surface area contributed by atoms with Crippen molar-refractivity contribution in [2.24, 2.45) is 5.92 Å². The number of carbonyl (C=O) groups is 1. The van der Waals surface area contributed by atoms with Crippen LogP contribution in [0.3, 0.4) is 0 Å². The second-order valence-electron chi connectivity index (χ2n) is 5.93. The molecule has 6 heteroatoms. The zero-order valence-corrected chi connectivity index (χ0v) is 12.3. The number of pyridine rings is 1. The van der Waals surface area contributed by atoms with Crippen molar-refractivity contribution in [3.63, 3.8) is 0 Å². The highest BCUT2D eigenvalue weighted by Gasteiger charge is 2.23. The molecule has 1 aromatic heterocycles. The largest absolute Gasteiger partial charge is 0.396 e. The first-order valence-electron chi connectivity index (χ1n) is 7.67. The molecule has 0 atom stereocenters. The number of nitrogens with zero attached hydrogens (tertiary/aromatic N) is 3. The van der Waals surface area contributed by atoms with Crippen molar-refractivity contribution in [3.8, 4) is 0 Å². The van der Waals surface area contributed by atoms with Crippen LogP contribution in [0.5, 0.6) is 0 Å². The smallest absolute Gasteiger partial charge is 0.234 e. The maximum atomic E-state index is 11.9. The summed E-state index contributed by atoms with van der Waals surface area (Å²) in [6, 6.07) is 3.72. The van der Waals surface area contributed by atoms with Crippen LogP contribution in [0, 0.1) is 5.92 Å². The predicted molar refractivity (Wildman–Crippen MR) is 83.0 cm³/mol. The Hall–Kier alpha value is -1.82. The van der Waals surface area contributed by atoms with Gasteiger partial charge in [-0.3, -0.25) is 9.69 Å². The van der Waals surface area contributed by atoms with Crippen molar-refractivity contribution in [2.75, 3.05) is 49.9 Å². The van der Waals surface area contributed by atoms with Gasteiger partial charge in [-0.15, -0.1) is 0 Å². The number of nitrogens with two attached hydrogens (primary N) is 1. The summed E-state index contributed by atoms with van der Waals surface area (Å²) >= 11 is 0. The topological polar surface area (TPSA) is 74.5 Å². The Morgan fingerprint density at radius 3 is 2.76 bits per heavy atom. The normalized spacial score (nSPS) is 19.5. The number of rotatable bonds is 5. The maximum absolute atomic E-state index is 11.9. The minimum Gasteiger partial charge on any atom is -0.396 e. The summed E-state index contributed by atoms with van der Waals surface area (Å²) in [5.41, 5.74) is 6.67. The summed E-state index contributed by atoms with van der Waals surface area (Å²) < 4.78 is 0. The molecule has 3 N–H and O–H groups in total. The second kappa shape index (κ2) is 6.30. The Bertz CT molecular complexity index is 495. The lowest BCUT2D eigenvalue weighted by molar-refractivity contribution is -0.122. The minimum atomic E-state index is 0.146. The highest BCUT2D eigenvalue weighted by molar-refractivity contribution is 5.78. The van der Waals surface area contributed by atoms with Gasteiger partial charge in [0.2, 0.25) is 5.91 Å². The van der Waals surface area contributed by atoms with E-state index in [1.54, 1.807) is 6.20 Å². The van der Waals surface area contributed by atoms with Gasteiger partial charge in [-0.25, -0.2) is 4.98 Å². The first-order chi connectivity index (χ1) is 10.2. The summed E-state index contributed by atoms with van der Waals surface area (Å²) in [6.07, 6.45) is 4.30.